The molecule has 26 heavy (non-hydrogen) atoms. The second-order valence-corrected chi connectivity index (χ2v) is 8.12. The maximum absolute atomic E-state index is 13.9. The van der Waals surface area contributed by atoms with Gasteiger partial charge in [0.05, 0.1) is 0 Å². The maximum atomic E-state index is 13.9. The number of halogens is 1. The first-order valence-electron chi connectivity index (χ1n) is 8.73. The zero-order valence-electron chi connectivity index (χ0n) is 13.6. The third kappa shape index (κ3) is 1.35. The molecule has 1 heterocycles. The van der Waals surface area contributed by atoms with E-state index in [4.69, 9.17) is 0 Å². The van der Waals surface area contributed by atoms with Gasteiger partial charge in [-0.05, 0) is 56.8 Å². The highest BCUT2D eigenvalue weighted by Gasteiger charge is 2.31. The Labute approximate surface area is 153 Å². The standard InChI is InChI=1S/C24H11FS/c25-12-5-6-13-14-7-9-17-22-18(10-8-15(21(14)22)19(13)11-12)24-23(17)16-3-1-2-4-20(16)26-24/h1-11H. The summed E-state index contributed by atoms with van der Waals surface area (Å²) in [6, 6.07) is 22.7. The molecular formula is C24H11FS. The summed E-state index contributed by atoms with van der Waals surface area (Å²) in [5.74, 6) is -0.172. The van der Waals surface area contributed by atoms with Crippen LogP contribution in [0.5, 0.6) is 0 Å². The summed E-state index contributed by atoms with van der Waals surface area (Å²) < 4.78 is 15.2. The van der Waals surface area contributed by atoms with E-state index in [-0.39, 0.29) is 5.82 Å². The van der Waals surface area contributed by atoms with Crippen LogP contribution in [-0.2, 0) is 0 Å². The first-order chi connectivity index (χ1) is 12.8. The molecule has 0 amide bonds. The average molecular weight is 350 g/mol. The van der Waals surface area contributed by atoms with Crippen LogP contribution in [0.3, 0.4) is 0 Å². The molecule has 2 heteroatoms. The summed E-state index contributed by atoms with van der Waals surface area (Å²) in [6.45, 7) is 0. The molecule has 4 aromatic carbocycles. The zero-order valence-corrected chi connectivity index (χ0v) is 14.5. The van der Waals surface area contributed by atoms with Gasteiger partial charge in [-0.25, -0.2) is 4.39 Å². The molecule has 0 atom stereocenters. The number of hydrogen-bond acceptors (Lipinski definition) is 1. The van der Waals surface area contributed by atoms with Crippen LogP contribution >= 0.6 is 11.3 Å². The highest BCUT2D eigenvalue weighted by Crippen LogP contribution is 2.59. The van der Waals surface area contributed by atoms with E-state index in [1.165, 1.54) is 48.0 Å². The van der Waals surface area contributed by atoms with Gasteiger partial charge in [-0.3, -0.25) is 0 Å². The summed E-state index contributed by atoms with van der Waals surface area (Å²) in [6.07, 6.45) is 0. The van der Waals surface area contributed by atoms with Gasteiger partial charge in [0.15, 0.2) is 0 Å². The van der Waals surface area contributed by atoms with Crippen molar-refractivity contribution >= 4 is 32.2 Å². The lowest BCUT2D eigenvalue weighted by Gasteiger charge is -2.06. The van der Waals surface area contributed by atoms with Crippen molar-refractivity contribution in [3.8, 4) is 43.8 Å². The predicted molar refractivity (Wildman–Crippen MR) is 108 cm³/mol. The molecule has 0 N–H and O–H groups in total. The first kappa shape index (κ1) is 13.3. The minimum absolute atomic E-state index is 0.172. The summed E-state index contributed by atoms with van der Waals surface area (Å²) >= 11 is 1.87. The summed E-state index contributed by atoms with van der Waals surface area (Å²) in [5.41, 5.74) is 8.57. The molecule has 7 rings (SSSR count). The van der Waals surface area contributed by atoms with Crippen molar-refractivity contribution in [1.29, 1.82) is 0 Å². The number of thiophene rings is 1. The van der Waals surface area contributed by atoms with E-state index in [9.17, 15) is 4.39 Å². The normalized spacial score (nSPS) is 12.8. The molecule has 0 saturated carbocycles. The van der Waals surface area contributed by atoms with Gasteiger partial charge in [-0.2, -0.15) is 0 Å². The topological polar surface area (TPSA) is 0 Å². The molecule has 0 aliphatic heterocycles. The smallest absolute Gasteiger partial charge is 0.123 e. The molecule has 120 valence electrons. The van der Waals surface area contributed by atoms with Crippen molar-refractivity contribution < 1.29 is 4.39 Å². The molecule has 0 saturated heterocycles. The highest BCUT2D eigenvalue weighted by atomic mass is 32.1. The largest absolute Gasteiger partial charge is 0.207 e. The fourth-order valence-corrected chi connectivity index (χ4v) is 6.07. The Morgan fingerprint density at radius 1 is 0.615 bits per heavy atom. The third-order valence-corrected chi connectivity index (χ3v) is 7.04. The fourth-order valence-electron chi connectivity index (χ4n) is 4.82. The van der Waals surface area contributed by atoms with E-state index in [0.717, 1.165) is 16.7 Å². The number of hydrogen-bond donors (Lipinski definition) is 0. The van der Waals surface area contributed by atoms with Crippen LogP contribution in [0.1, 0.15) is 0 Å². The van der Waals surface area contributed by atoms with Crippen molar-refractivity contribution in [1.82, 2.24) is 0 Å². The van der Waals surface area contributed by atoms with Gasteiger partial charge in [-0.15, -0.1) is 11.3 Å². The minimum Gasteiger partial charge on any atom is -0.207 e. The lowest BCUT2D eigenvalue weighted by atomic mass is 9.97. The number of fused-ring (bicyclic) bond motifs is 8. The van der Waals surface area contributed by atoms with E-state index in [1.807, 2.05) is 17.4 Å². The number of rotatable bonds is 0. The Kier molecular flexibility index (Phi) is 2.15. The molecule has 2 aliphatic rings. The summed E-state index contributed by atoms with van der Waals surface area (Å²) in [7, 11) is 0. The Morgan fingerprint density at radius 3 is 2.23 bits per heavy atom. The van der Waals surface area contributed by atoms with Crippen LogP contribution < -0.4 is 0 Å². The molecule has 5 aromatic rings. The molecule has 0 unspecified atom stereocenters. The predicted octanol–water partition coefficient (Wildman–Crippen LogP) is 7.49. The second kappa shape index (κ2) is 4.22. The van der Waals surface area contributed by atoms with Gasteiger partial charge in [0.1, 0.15) is 5.82 Å². The van der Waals surface area contributed by atoms with Gasteiger partial charge in [0, 0.05) is 26.1 Å². The van der Waals surface area contributed by atoms with E-state index < -0.39 is 0 Å². The van der Waals surface area contributed by atoms with E-state index >= 15 is 0 Å². The van der Waals surface area contributed by atoms with Gasteiger partial charge >= 0.3 is 0 Å². The first-order valence-corrected chi connectivity index (χ1v) is 9.55. The summed E-state index contributed by atoms with van der Waals surface area (Å²) in [4.78, 5) is 1.37. The zero-order chi connectivity index (χ0) is 17.0. The van der Waals surface area contributed by atoms with Crippen molar-refractivity contribution in [2.24, 2.45) is 0 Å². The van der Waals surface area contributed by atoms with Crippen LogP contribution in [0, 0.1) is 5.82 Å². The van der Waals surface area contributed by atoms with E-state index in [0.29, 0.717) is 0 Å². The maximum Gasteiger partial charge on any atom is 0.123 e. The molecule has 2 aliphatic carbocycles. The van der Waals surface area contributed by atoms with Crippen LogP contribution in [0.4, 0.5) is 4.39 Å². The lowest BCUT2D eigenvalue weighted by Crippen LogP contribution is -1.79. The molecule has 1 aromatic heterocycles. The Hall–Kier alpha value is -2.97. The molecule has 0 fully saturated rings. The van der Waals surface area contributed by atoms with E-state index in [2.05, 4.69) is 48.5 Å². The van der Waals surface area contributed by atoms with Gasteiger partial charge in [0.25, 0.3) is 0 Å². The number of benzene rings is 4. The lowest BCUT2D eigenvalue weighted by molar-refractivity contribution is 0.628. The van der Waals surface area contributed by atoms with Crippen LogP contribution in [0.15, 0.2) is 66.7 Å². The van der Waals surface area contributed by atoms with E-state index in [1.54, 1.807) is 12.1 Å². The Morgan fingerprint density at radius 2 is 1.31 bits per heavy atom. The highest BCUT2D eigenvalue weighted by molar-refractivity contribution is 7.23. The van der Waals surface area contributed by atoms with Crippen LogP contribution in [0.25, 0.3) is 64.7 Å². The SMILES string of the molecule is Fc1ccc2c(c1)-c1ccc3c4c(ccc-2c14)-c1c-3sc2ccccc12. The quantitative estimate of drug-likeness (QED) is 0.266. The Balaban J connectivity index is 1.68. The second-order valence-electron chi connectivity index (χ2n) is 7.06. The molecular weight excluding hydrogens is 339 g/mol. The monoisotopic (exact) mass is 350 g/mol. The fraction of sp³-hybridized carbons (Fsp3) is 0. The molecule has 0 bridgehead atoms. The van der Waals surface area contributed by atoms with Crippen molar-refractivity contribution in [3.05, 3.63) is 72.5 Å². The van der Waals surface area contributed by atoms with Gasteiger partial charge in [0.2, 0.25) is 0 Å². The Bertz CT molecular complexity index is 1440. The minimum atomic E-state index is -0.172. The van der Waals surface area contributed by atoms with Crippen LogP contribution in [0.2, 0.25) is 0 Å². The molecule has 0 radical (unpaired) electrons. The third-order valence-electron chi connectivity index (χ3n) is 5.83. The summed E-state index contributed by atoms with van der Waals surface area (Å²) in [5, 5.41) is 3.96. The van der Waals surface area contributed by atoms with Crippen molar-refractivity contribution in [2.75, 3.05) is 0 Å². The molecule has 0 nitrogen and oxygen atoms in total. The van der Waals surface area contributed by atoms with Crippen molar-refractivity contribution in [2.45, 2.75) is 0 Å². The van der Waals surface area contributed by atoms with Gasteiger partial charge in [-0.1, -0.05) is 48.5 Å². The molecule has 0 spiro atoms. The van der Waals surface area contributed by atoms with Crippen LogP contribution in [-0.4, -0.2) is 0 Å². The van der Waals surface area contributed by atoms with Crippen molar-refractivity contribution in [3.63, 3.8) is 0 Å². The average Bonchev–Trinajstić information content (AvgIpc) is 3.28. The van der Waals surface area contributed by atoms with Gasteiger partial charge < -0.3 is 0 Å².